The topological polar surface area (TPSA) is 51.8 Å². The number of rotatable bonds is 3. The van der Waals surface area contributed by atoms with Gasteiger partial charge in [-0.3, -0.25) is 0 Å². The monoisotopic (exact) mass is 247 g/mol. The zero-order valence-corrected chi connectivity index (χ0v) is 11.2. The van der Waals surface area contributed by atoms with Gasteiger partial charge in [0.2, 0.25) is 0 Å². The summed E-state index contributed by atoms with van der Waals surface area (Å²) in [7, 11) is 0. The molecule has 2 rings (SSSR count). The predicted molar refractivity (Wildman–Crippen MR) is 72.0 cm³/mol. The van der Waals surface area contributed by atoms with E-state index in [1.165, 1.54) is 11.1 Å². The van der Waals surface area contributed by atoms with Crippen molar-refractivity contribution in [2.24, 2.45) is 5.73 Å². The lowest BCUT2D eigenvalue weighted by Gasteiger charge is -2.03. The average Bonchev–Trinajstić information content (AvgIpc) is 2.77. The number of benzene rings is 1. The Bertz CT molecular complexity index is 519. The SMILES string of the molecule is CCC(N)c1nnc(-c2ccc(C)cc2C)s1. The van der Waals surface area contributed by atoms with Gasteiger partial charge in [-0.05, 0) is 25.8 Å². The zero-order valence-electron chi connectivity index (χ0n) is 10.4. The Kier molecular flexibility index (Phi) is 3.54. The standard InChI is InChI=1S/C13H17N3S/c1-4-11(14)13-16-15-12(17-13)10-6-5-8(2)7-9(10)3/h5-7,11H,4,14H2,1-3H3. The first-order chi connectivity index (χ1) is 8.11. The normalized spacial score (nSPS) is 12.7. The van der Waals surface area contributed by atoms with E-state index >= 15 is 0 Å². The molecule has 1 heterocycles. The molecule has 4 heteroatoms. The van der Waals surface area contributed by atoms with E-state index in [1.54, 1.807) is 11.3 Å². The van der Waals surface area contributed by atoms with Gasteiger partial charge in [-0.25, -0.2) is 0 Å². The van der Waals surface area contributed by atoms with Crippen LogP contribution in [-0.4, -0.2) is 10.2 Å². The van der Waals surface area contributed by atoms with Crippen LogP contribution in [0, 0.1) is 13.8 Å². The quantitative estimate of drug-likeness (QED) is 0.906. The Balaban J connectivity index is 2.37. The van der Waals surface area contributed by atoms with Crippen LogP contribution in [0.15, 0.2) is 18.2 Å². The van der Waals surface area contributed by atoms with Crippen LogP contribution in [0.4, 0.5) is 0 Å². The van der Waals surface area contributed by atoms with Gasteiger partial charge in [0.25, 0.3) is 0 Å². The van der Waals surface area contributed by atoms with Crippen LogP contribution in [0.3, 0.4) is 0 Å². The van der Waals surface area contributed by atoms with Crippen LogP contribution in [0.1, 0.15) is 35.5 Å². The molecule has 0 saturated heterocycles. The van der Waals surface area contributed by atoms with Crippen LogP contribution in [0.5, 0.6) is 0 Å². The van der Waals surface area contributed by atoms with Gasteiger partial charge in [-0.1, -0.05) is 42.0 Å². The van der Waals surface area contributed by atoms with E-state index in [1.807, 2.05) is 0 Å². The summed E-state index contributed by atoms with van der Waals surface area (Å²) in [5, 5.41) is 10.3. The van der Waals surface area contributed by atoms with Crippen molar-refractivity contribution in [2.75, 3.05) is 0 Å². The minimum atomic E-state index is 0.00649. The fourth-order valence-electron chi connectivity index (χ4n) is 1.72. The van der Waals surface area contributed by atoms with Crippen molar-refractivity contribution in [2.45, 2.75) is 33.2 Å². The Hall–Kier alpha value is -1.26. The van der Waals surface area contributed by atoms with E-state index in [2.05, 4.69) is 49.2 Å². The highest BCUT2D eigenvalue weighted by molar-refractivity contribution is 7.14. The number of aromatic nitrogens is 2. The number of hydrogen-bond acceptors (Lipinski definition) is 4. The Morgan fingerprint density at radius 3 is 2.71 bits per heavy atom. The van der Waals surface area contributed by atoms with E-state index in [-0.39, 0.29) is 6.04 Å². The Labute approximate surface area is 106 Å². The van der Waals surface area contributed by atoms with Crippen molar-refractivity contribution in [3.8, 4) is 10.6 Å². The fraction of sp³-hybridized carbons (Fsp3) is 0.385. The summed E-state index contributed by atoms with van der Waals surface area (Å²) in [6.45, 7) is 6.25. The largest absolute Gasteiger partial charge is 0.322 e. The third-order valence-corrected chi connectivity index (χ3v) is 3.90. The molecule has 2 aromatic rings. The first-order valence-corrected chi connectivity index (χ1v) is 6.60. The van der Waals surface area contributed by atoms with Gasteiger partial charge >= 0.3 is 0 Å². The molecule has 0 bridgehead atoms. The first kappa shape index (κ1) is 12.2. The summed E-state index contributed by atoms with van der Waals surface area (Å²) in [6, 6.07) is 6.37. The van der Waals surface area contributed by atoms with Crippen molar-refractivity contribution in [1.82, 2.24) is 10.2 Å². The second kappa shape index (κ2) is 4.94. The smallest absolute Gasteiger partial charge is 0.148 e. The lowest BCUT2D eigenvalue weighted by atomic mass is 10.1. The molecule has 0 spiro atoms. The summed E-state index contributed by atoms with van der Waals surface area (Å²) in [6.07, 6.45) is 0.890. The molecule has 0 aliphatic heterocycles. The first-order valence-electron chi connectivity index (χ1n) is 5.78. The second-order valence-electron chi connectivity index (χ2n) is 4.28. The van der Waals surface area contributed by atoms with E-state index in [0.29, 0.717) is 0 Å². The van der Waals surface area contributed by atoms with Gasteiger partial charge in [0, 0.05) is 5.56 Å². The zero-order chi connectivity index (χ0) is 12.4. The molecular formula is C13H17N3S. The number of nitrogens with zero attached hydrogens (tertiary/aromatic N) is 2. The maximum atomic E-state index is 5.96. The number of aryl methyl sites for hydroxylation is 2. The number of hydrogen-bond donors (Lipinski definition) is 1. The summed E-state index contributed by atoms with van der Waals surface area (Å²) in [5.74, 6) is 0. The second-order valence-corrected chi connectivity index (χ2v) is 5.29. The molecule has 90 valence electrons. The molecule has 0 saturated carbocycles. The van der Waals surface area contributed by atoms with E-state index in [9.17, 15) is 0 Å². The van der Waals surface area contributed by atoms with Crippen LogP contribution in [-0.2, 0) is 0 Å². The molecule has 3 nitrogen and oxygen atoms in total. The van der Waals surface area contributed by atoms with Crippen molar-refractivity contribution in [3.05, 3.63) is 34.3 Å². The molecule has 0 amide bonds. The predicted octanol–water partition coefficient (Wildman–Crippen LogP) is 3.23. The van der Waals surface area contributed by atoms with Crippen molar-refractivity contribution in [1.29, 1.82) is 0 Å². The number of nitrogens with two attached hydrogens (primary N) is 1. The van der Waals surface area contributed by atoms with Crippen LogP contribution in [0.25, 0.3) is 10.6 Å². The lowest BCUT2D eigenvalue weighted by molar-refractivity contribution is 0.683. The summed E-state index contributed by atoms with van der Waals surface area (Å²) < 4.78 is 0. The van der Waals surface area contributed by atoms with Gasteiger partial charge in [0.05, 0.1) is 6.04 Å². The Morgan fingerprint density at radius 2 is 2.06 bits per heavy atom. The van der Waals surface area contributed by atoms with Crippen molar-refractivity contribution in [3.63, 3.8) is 0 Å². The van der Waals surface area contributed by atoms with Crippen LogP contribution in [0.2, 0.25) is 0 Å². The lowest BCUT2D eigenvalue weighted by Crippen LogP contribution is -2.07. The molecule has 0 aliphatic rings. The fourth-order valence-corrected chi connectivity index (χ4v) is 2.74. The molecule has 1 aromatic carbocycles. The van der Waals surface area contributed by atoms with E-state index in [4.69, 9.17) is 5.73 Å². The van der Waals surface area contributed by atoms with Gasteiger partial charge in [-0.2, -0.15) is 0 Å². The molecule has 0 fully saturated rings. The van der Waals surface area contributed by atoms with Crippen molar-refractivity contribution >= 4 is 11.3 Å². The average molecular weight is 247 g/mol. The third kappa shape index (κ3) is 2.53. The molecule has 1 atom stereocenters. The van der Waals surface area contributed by atoms with E-state index < -0.39 is 0 Å². The molecular weight excluding hydrogens is 230 g/mol. The third-order valence-electron chi connectivity index (χ3n) is 2.81. The maximum Gasteiger partial charge on any atom is 0.148 e. The molecule has 1 aromatic heterocycles. The Morgan fingerprint density at radius 1 is 1.29 bits per heavy atom. The summed E-state index contributed by atoms with van der Waals surface area (Å²) in [5.41, 5.74) is 9.61. The van der Waals surface area contributed by atoms with Gasteiger partial charge in [0.1, 0.15) is 10.0 Å². The molecule has 0 radical (unpaired) electrons. The summed E-state index contributed by atoms with van der Waals surface area (Å²) >= 11 is 1.59. The molecule has 2 N–H and O–H groups in total. The van der Waals surface area contributed by atoms with E-state index in [0.717, 1.165) is 22.0 Å². The molecule has 1 unspecified atom stereocenters. The summed E-state index contributed by atoms with van der Waals surface area (Å²) in [4.78, 5) is 0. The molecule has 17 heavy (non-hydrogen) atoms. The van der Waals surface area contributed by atoms with Gasteiger partial charge in [-0.15, -0.1) is 10.2 Å². The highest BCUT2D eigenvalue weighted by Crippen LogP contribution is 2.29. The van der Waals surface area contributed by atoms with Crippen molar-refractivity contribution < 1.29 is 0 Å². The van der Waals surface area contributed by atoms with Crippen LogP contribution < -0.4 is 5.73 Å². The highest BCUT2D eigenvalue weighted by atomic mass is 32.1. The van der Waals surface area contributed by atoms with Gasteiger partial charge < -0.3 is 5.73 Å². The maximum absolute atomic E-state index is 5.96. The minimum Gasteiger partial charge on any atom is -0.322 e. The van der Waals surface area contributed by atoms with Gasteiger partial charge in [0.15, 0.2) is 0 Å². The minimum absolute atomic E-state index is 0.00649. The highest BCUT2D eigenvalue weighted by Gasteiger charge is 2.13. The molecule has 0 aliphatic carbocycles. The van der Waals surface area contributed by atoms with Crippen LogP contribution >= 0.6 is 11.3 Å².